The van der Waals surface area contributed by atoms with Gasteiger partial charge in [-0.05, 0) is 59.7 Å². The first-order chi connectivity index (χ1) is 14.7. The van der Waals surface area contributed by atoms with E-state index in [-0.39, 0.29) is 23.4 Å². The van der Waals surface area contributed by atoms with Crippen LogP contribution in [0, 0.1) is 17.7 Å². The van der Waals surface area contributed by atoms with Crippen LogP contribution < -0.4 is 0 Å². The first-order valence-corrected chi connectivity index (χ1v) is 10.1. The topological polar surface area (TPSA) is 52.6 Å². The maximum absolute atomic E-state index is 14.3. The Morgan fingerprint density at radius 3 is 2.42 bits per heavy atom. The third-order valence-electron chi connectivity index (χ3n) is 5.32. The fraction of sp³-hybridized carbons (Fsp3) is 0.308. The highest BCUT2D eigenvalue weighted by Gasteiger charge is 2.31. The summed E-state index contributed by atoms with van der Waals surface area (Å²) in [6, 6.07) is 10.3. The van der Waals surface area contributed by atoms with Crippen molar-refractivity contribution in [3.8, 4) is 11.8 Å². The Labute approximate surface area is 182 Å². The molecule has 0 N–H and O–H groups in total. The van der Waals surface area contributed by atoms with Gasteiger partial charge >= 0.3 is 11.9 Å². The first kappa shape index (κ1) is 22.3. The largest absolute Gasteiger partial charge is 0.469 e. The van der Waals surface area contributed by atoms with E-state index in [0.29, 0.717) is 17.7 Å². The summed E-state index contributed by atoms with van der Waals surface area (Å²) in [7, 11) is 1.27. The first-order valence-electron chi connectivity index (χ1n) is 10.1. The second-order valence-corrected chi connectivity index (χ2v) is 8.00. The van der Waals surface area contributed by atoms with Gasteiger partial charge in [-0.2, -0.15) is 0 Å². The van der Waals surface area contributed by atoms with E-state index < -0.39 is 11.8 Å². The normalized spacial score (nSPS) is 13.9. The summed E-state index contributed by atoms with van der Waals surface area (Å²) in [6.07, 6.45) is 2.54. The average molecular weight is 420 g/mol. The van der Waals surface area contributed by atoms with Crippen LogP contribution in [0.1, 0.15) is 55.0 Å². The van der Waals surface area contributed by atoms with E-state index >= 15 is 0 Å². The Bertz CT molecular complexity index is 1120. The number of hydrogen-bond acceptors (Lipinski definition) is 4. The second-order valence-electron chi connectivity index (χ2n) is 8.00. The third-order valence-corrected chi connectivity index (χ3v) is 5.32. The summed E-state index contributed by atoms with van der Waals surface area (Å²) >= 11 is 0. The lowest BCUT2D eigenvalue weighted by Gasteiger charge is -2.31. The molecule has 0 saturated carbocycles. The zero-order valence-electron chi connectivity index (χ0n) is 18.2. The molecule has 0 saturated heterocycles. The Hall–Kier alpha value is -3.39. The molecule has 0 aromatic heterocycles. The predicted molar refractivity (Wildman–Crippen MR) is 117 cm³/mol. The number of carbonyl (C=O) groups is 2. The smallest absolute Gasteiger partial charge is 0.338 e. The molecular weight excluding hydrogens is 395 g/mol. The van der Waals surface area contributed by atoms with Crippen LogP contribution in [0.4, 0.5) is 4.39 Å². The second kappa shape index (κ2) is 9.18. The minimum absolute atomic E-state index is 0.119. The van der Waals surface area contributed by atoms with Crippen LogP contribution in [0.5, 0.6) is 0 Å². The fourth-order valence-electron chi connectivity index (χ4n) is 3.54. The van der Waals surface area contributed by atoms with E-state index in [9.17, 15) is 14.0 Å². The van der Waals surface area contributed by atoms with Crippen LogP contribution in [-0.4, -0.2) is 25.7 Å². The summed E-state index contributed by atoms with van der Waals surface area (Å²) in [5, 5.41) is 0. The highest BCUT2D eigenvalue weighted by molar-refractivity contribution is 6.17. The molecule has 0 fully saturated rings. The summed E-state index contributed by atoms with van der Waals surface area (Å²) in [4.78, 5) is 23.7. The number of rotatable bonds is 4. The number of ether oxygens (including phenoxy) is 2. The van der Waals surface area contributed by atoms with Gasteiger partial charge in [0.2, 0.25) is 0 Å². The zero-order chi connectivity index (χ0) is 22.6. The van der Waals surface area contributed by atoms with Crippen molar-refractivity contribution in [3.63, 3.8) is 0 Å². The number of methoxy groups -OCH3 is 1. The van der Waals surface area contributed by atoms with Crippen LogP contribution in [0.15, 0.2) is 42.5 Å². The summed E-state index contributed by atoms with van der Waals surface area (Å²) in [5.41, 5.74) is 3.88. The van der Waals surface area contributed by atoms with Crippen LogP contribution >= 0.6 is 0 Å². The van der Waals surface area contributed by atoms with Gasteiger partial charge in [0.1, 0.15) is 5.82 Å². The molecule has 31 heavy (non-hydrogen) atoms. The highest BCUT2D eigenvalue weighted by atomic mass is 19.1. The Balaban J connectivity index is 1.89. The molecule has 2 aromatic rings. The van der Waals surface area contributed by atoms with Gasteiger partial charge in [0.25, 0.3) is 0 Å². The molecule has 3 rings (SSSR count). The van der Waals surface area contributed by atoms with Crippen molar-refractivity contribution < 1.29 is 23.5 Å². The van der Waals surface area contributed by atoms with Crippen molar-refractivity contribution >= 4 is 17.5 Å². The van der Waals surface area contributed by atoms with Crippen LogP contribution in [0.3, 0.4) is 0 Å². The summed E-state index contributed by atoms with van der Waals surface area (Å²) in [5.74, 6) is 4.74. The number of halogens is 1. The molecule has 1 aliphatic carbocycles. The third kappa shape index (κ3) is 5.03. The van der Waals surface area contributed by atoms with Crippen molar-refractivity contribution in [2.75, 3.05) is 13.7 Å². The average Bonchev–Trinajstić information content (AvgIpc) is 2.74. The SMILES string of the molecule is CCOC(=O)C1=CCC(C)(C)c2cc(C#Cc3ccc(CC(=O)OC)c(F)c3)ccc21. The van der Waals surface area contributed by atoms with Crippen molar-refractivity contribution in [1.29, 1.82) is 0 Å². The van der Waals surface area contributed by atoms with E-state index in [4.69, 9.17) is 4.74 Å². The van der Waals surface area contributed by atoms with Crippen LogP contribution in [-0.2, 0) is 30.9 Å². The molecule has 0 unspecified atom stereocenters. The maximum Gasteiger partial charge on any atom is 0.338 e. The molecule has 2 aromatic carbocycles. The molecule has 1 aliphatic rings. The van der Waals surface area contributed by atoms with Gasteiger partial charge < -0.3 is 9.47 Å². The number of allylic oxidation sites excluding steroid dienone is 1. The van der Waals surface area contributed by atoms with E-state index in [1.165, 1.54) is 13.2 Å². The standard InChI is InChI=1S/C26H25FO4/c1-5-31-25(29)21-12-13-26(2,3)22-14-17(9-11-20(21)22)6-7-18-8-10-19(23(27)15-18)16-24(28)30-4/h8-12,14-15H,5,13,16H2,1-4H3. The van der Waals surface area contributed by atoms with Gasteiger partial charge in [0, 0.05) is 11.1 Å². The molecule has 0 aliphatic heterocycles. The number of esters is 2. The van der Waals surface area contributed by atoms with E-state index in [1.807, 2.05) is 24.3 Å². The molecule has 0 spiro atoms. The Morgan fingerprint density at radius 2 is 1.77 bits per heavy atom. The van der Waals surface area contributed by atoms with E-state index in [1.54, 1.807) is 19.1 Å². The number of carbonyl (C=O) groups excluding carboxylic acids is 2. The van der Waals surface area contributed by atoms with Crippen LogP contribution in [0.2, 0.25) is 0 Å². The van der Waals surface area contributed by atoms with Crippen molar-refractivity contribution in [3.05, 3.63) is 76.1 Å². The number of hydrogen-bond donors (Lipinski definition) is 0. The van der Waals surface area contributed by atoms with Crippen molar-refractivity contribution in [1.82, 2.24) is 0 Å². The predicted octanol–water partition coefficient (Wildman–Crippen LogP) is 4.57. The molecular formula is C26H25FO4. The minimum atomic E-state index is -0.495. The summed E-state index contributed by atoms with van der Waals surface area (Å²) < 4.78 is 24.0. The fourth-order valence-corrected chi connectivity index (χ4v) is 3.54. The summed E-state index contributed by atoms with van der Waals surface area (Å²) in [6.45, 7) is 6.36. The van der Waals surface area contributed by atoms with Gasteiger partial charge in [-0.15, -0.1) is 0 Å². The van der Waals surface area contributed by atoms with E-state index in [0.717, 1.165) is 23.1 Å². The number of fused-ring (bicyclic) bond motifs is 1. The molecule has 160 valence electrons. The molecule has 0 atom stereocenters. The zero-order valence-corrected chi connectivity index (χ0v) is 18.2. The Morgan fingerprint density at radius 1 is 1.10 bits per heavy atom. The lowest BCUT2D eigenvalue weighted by Crippen LogP contribution is -2.24. The maximum atomic E-state index is 14.3. The van der Waals surface area contributed by atoms with Crippen LogP contribution in [0.25, 0.3) is 5.57 Å². The van der Waals surface area contributed by atoms with Gasteiger partial charge in [0.05, 0.1) is 25.7 Å². The molecule has 0 bridgehead atoms. The van der Waals surface area contributed by atoms with Gasteiger partial charge in [-0.1, -0.05) is 43.9 Å². The molecule has 4 nitrogen and oxygen atoms in total. The minimum Gasteiger partial charge on any atom is -0.469 e. The molecule has 5 heteroatoms. The lowest BCUT2D eigenvalue weighted by molar-refractivity contribution is -0.140. The highest BCUT2D eigenvalue weighted by Crippen LogP contribution is 2.39. The van der Waals surface area contributed by atoms with Crippen molar-refractivity contribution in [2.45, 2.75) is 39.0 Å². The quantitative estimate of drug-likeness (QED) is 0.537. The molecule has 0 amide bonds. The van der Waals surface area contributed by atoms with Gasteiger partial charge in [0.15, 0.2) is 0 Å². The molecule has 0 radical (unpaired) electrons. The lowest BCUT2D eigenvalue weighted by atomic mass is 9.73. The Kier molecular flexibility index (Phi) is 6.60. The van der Waals surface area contributed by atoms with Crippen molar-refractivity contribution in [2.24, 2.45) is 0 Å². The monoisotopic (exact) mass is 420 g/mol. The number of benzene rings is 2. The van der Waals surface area contributed by atoms with E-state index in [2.05, 4.69) is 30.4 Å². The van der Waals surface area contributed by atoms with Gasteiger partial charge in [-0.3, -0.25) is 4.79 Å². The molecule has 0 heterocycles. The van der Waals surface area contributed by atoms with Gasteiger partial charge in [-0.25, -0.2) is 9.18 Å².